The summed E-state index contributed by atoms with van der Waals surface area (Å²) >= 11 is 0. The van der Waals surface area contributed by atoms with Gasteiger partial charge in [0.15, 0.2) is 6.10 Å². The first-order chi connectivity index (χ1) is 28.2. The molecule has 0 N–H and O–H groups in total. The molecule has 0 aliphatic rings. The van der Waals surface area contributed by atoms with E-state index in [1.165, 1.54) is 173 Å². The maximum atomic E-state index is 12.8. The molecule has 0 rings (SSSR count). The van der Waals surface area contributed by atoms with Crippen LogP contribution in [0.3, 0.4) is 0 Å². The largest absolute Gasteiger partial charge is 0.462 e. The van der Waals surface area contributed by atoms with E-state index in [1.807, 2.05) is 0 Å². The number of unbranched alkanes of at least 4 members (excludes halogenated alkanes) is 31. The second-order valence-electron chi connectivity index (χ2n) is 18.8. The van der Waals surface area contributed by atoms with Crippen LogP contribution in [0.25, 0.3) is 0 Å². The summed E-state index contributed by atoms with van der Waals surface area (Å²) in [5, 5.41) is 0. The van der Waals surface area contributed by atoms with Crippen LogP contribution in [-0.4, -0.2) is 37.2 Å². The Kier molecular flexibility index (Phi) is 43.7. The third kappa shape index (κ3) is 45.5. The molecule has 6 heteroatoms. The number of hydrogen-bond acceptors (Lipinski definition) is 6. The van der Waals surface area contributed by atoms with Crippen molar-refractivity contribution in [2.24, 2.45) is 11.8 Å². The van der Waals surface area contributed by atoms with Crippen molar-refractivity contribution in [1.82, 2.24) is 0 Å². The van der Waals surface area contributed by atoms with E-state index in [4.69, 9.17) is 14.2 Å². The normalized spacial score (nSPS) is 12.1. The number of hydrogen-bond donors (Lipinski definition) is 0. The van der Waals surface area contributed by atoms with Gasteiger partial charge in [0.1, 0.15) is 13.2 Å². The van der Waals surface area contributed by atoms with Crippen molar-refractivity contribution in [3.63, 3.8) is 0 Å². The quantitative estimate of drug-likeness (QED) is 0.0346. The van der Waals surface area contributed by atoms with Crippen molar-refractivity contribution in [3.8, 4) is 0 Å². The van der Waals surface area contributed by atoms with Crippen LogP contribution in [0.1, 0.15) is 285 Å². The van der Waals surface area contributed by atoms with E-state index in [9.17, 15) is 14.4 Å². The fourth-order valence-corrected chi connectivity index (χ4v) is 7.81. The Labute approximate surface area is 361 Å². The van der Waals surface area contributed by atoms with Crippen molar-refractivity contribution in [3.05, 3.63) is 0 Å². The Balaban J connectivity index is 4.27. The third-order valence-corrected chi connectivity index (χ3v) is 11.7. The van der Waals surface area contributed by atoms with Crippen LogP contribution < -0.4 is 0 Å². The van der Waals surface area contributed by atoms with Crippen LogP contribution >= 0.6 is 0 Å². The molecule has 0 aromatic heterocycles. The number of carbonyl (C=O) groups excluding carboxylic acids is 3. The molecule has 0 aliphatic carbocycles. The van der Waals surface area contributed by atoms with Gasteiger partial charge in [-0.25, -0.2) is 0 Å². The molecule has 0 saturated heterocycles. The summed E-state index contributed by atoms with van der Waals surface area (Å²) in [6, 6.07) is 0. The van der Waals surface area contributed by atoms with E-state index in [-0.39, 0.29) is 31.1 Å². The van der Waals surface area contributed by atoms with Gasteiger partial charge < -0.3 is 14.2 Å². The van der Waals surface area contributed by atoms with Crippen molar-refractivity contribution in [2.45, 2.75) is 291 Å². The van der Waals surface area contributed by atoms with E-state index in [0.29, 0.717) is 19.3 Å². The number of rotatable bonds is 46. The zero-order valence-corrected chi connectivity index (χ0v) is 39.7. The summed E-state index contributed by atoms with van der Waals surface area (Å²) in [6.07, 6.45) is 45.3. The Bertz CT molecular complexity index is 885. The first kappa shape index (κ1) is 56.4. The average molecular weight is 821 g/mol. The SMILES string of the molecule is CCCCCCCCCCCCCCCCCCCCC(=O)O[C@H](COC(=O)CCCCCCCCCCCC(C)C)COC(=O)CCCCCCCCCC(C)C. The Hall–Kier alpha value is -1.59. The maximum Gasteiger partial charge on any atom is 0.306 e. The number of esters is 3. The van der Waals surface area contributed by atoms with Gasteiger partial charge in [-0.3, -0.25) is 14.4 Å². The van der Waals surface area contributed by atoms with Crippen LogP contribution in [0.15, 0.2) is 0 Å². The summed E-state index contributed by atoms with van der Waals surface area (Å²) in [4.78, 5) is 37.9. The minimum atomic E-state index is -0.762. The van der Waals surface area contributed by atoms with Gasteiger partial charge >= 0.3 is 17.9 Å². The van der Waals surface area contributed by atoms with Gasteiger partial charge in [-0.1, -0.05) is 247 Å². The summed E-state index contributed by atoms with van der Waals surface area (Å²) < 4.78 is 16.8. The lowest BCUT2D eigenvalue weighted by molar-refractivity contribution is -0.167. The smallest absolute Gasteiger partial charge is 0.306 e. The molecule has 0 bridgehead atoms. The second-order valence-corrected chi connectivity index (χ2v) is 18.8. The predicted octanol–water partition coefficient (Wildman–Crippen LogP) is 16.5. The summed E-state index contributed by atoms with van der Waals surface area (Å²) in [5.74, 6) is 0.737. The molecule has 0 heterocycles. The van der Waals surface area contributed by atoms with Gasteiger partial charge in [-0.05, 0) is 31.1 Å². The predicted molar refractivity (Wildman–Crippen MR) is 247 cm³/mol. The molecule has 0 unspecified atom stereocenters. The Morgan fingerprint density at radius 3 is 0.845 bits per heavy atom. The van der Waals surface area contributed by atoms with Crippen molar-refractivity contribution in [2.75, 3.05) is 13.2 Å². The van der Waals surface area contributed by atoms with Gasteiger partial charge in [0.2, 0.25) is 0 Å². The van der Waals surface area contributed by atoms with Crippen LogP contribution in [0.5, 0.6) is 0 Å². The van der Waals surface area contributed by atoms with Crippen LogP contribution in [0.2, 0.25) is 0 Å². The van der Waals surface area contributed by atoms with Gasteiger partial charge in [-0.15, -0.1) is 0 Å². The van der Waals surface area contributed by atoms with Gasteiger partial charge in [0.05, 0.1) is 0 Å². The van der Waals surface area contributed by atoms with Gasteiger partial charge in [0, 0.05) is 19.3 Å². The molecular weight excluding hydrogens is 721 g/mol. The first-order valence-electron chi connectivity index (χ1n) is 25.7. The third-order valence-electron chi connectivity index (χ3n) is 11.7. The molecule has 0 aromatic carbocycles. The highest BCUT2D eigenvalue weighted by Crippen LogP contribution is 2.17. The average Bonchev–Trinajstić information content (AvgIpc) is 3.19. The monoisotopic (exact) mass is 821 g/mol. The van der Waals surface area contributed by atoms with Crippen molar-refractivity contribution >= 4 is 17.9 Å². The highest BCUT2D eigenvalue weighted by atomic mass is 16.6. The molecule has 0 amide bonds. The fraction of sp³-hybridized carbons (Fsp3) is 0.942. The lowest BCUT2D eigenvalue weighted by atomic mass is 10.0. The van der Waals surface area contributed by atoms with E-state index in [1.54, 1.807) is 0 Å². The van der Waals surface area contributed by atoms with E-state index < -0.39 is 6.10 Å². The van der Waals surface area contributed by atoms with Gasteiger partial charge in [0.25, 0.3) is 0 Å². The molecular formula is C52H100O6. The van der Waals surface area contributed by atoms with Crippen LogP contribution in [-0.2, 0) is 28.6 Å². The highest BCUT2D eigenvalue weighted by molar-refractivity contribution is 5.71. The summed E-state index contributed by atoms with van der Waals surface area (Å²) in [7, 11) is 0. The minimum Gasteiger partial charge on any atom is -0.462 e. The van der Waals surface area contributed by atoms with E-state index in [2.05, 4.69) is 34.6 Å². The zero-order chi connectivity index (χ0) is 42.6. The molecule has 0 radical (unpaired) electrons. The van der Waals surface area contributed by atoms with Crippen molar-refractivity contribution < 1.29 is 28.6 Å². The molecule has 6 nitrogen and oxygen atoms in total. The van der Waals surface area contributed by atoms with Gasteiger partial charge in [-0.2, -0.15) is 0 Å². The van der Waals surface area contributed by atoms with E-state index in [0.717, 1.165) is 69.6 Å². The summed E-state index contributed by atoms with van der Waals surface area (Å²) in [5.41, 5.74) is 0. The number of carbonyl (C=O) groups is 3. The lowest BCUT2D eigenvalue weighted by Gasteiger charge is -2.18. The molecule has 1 atom stereocenters. The molecule has 58 heavy (non-hydrogen) atoms. The first-order valence-corrected chi connectivity index (χ1v) is 25.7. The maximum absolute atomic E-state index is 12.8. The zero-order valence-electron chi connectivity index (χ0n) is 39.7. The molecule has 0 saturated carbocycles. The summed E-state index contributed by atoms with van der Waals surface area (Å²) in [6.45, 7) is 11.3. The van der Waals surface area contributed by atoms with E-state index >= 15 is 0 Å². The van der Waals surface area contributed by atoms with Crippen LogP contribution in [0, 0.1) is 11.8 Å². The standard InChI is InChI=1S/C52H100O6/c1-6-7-8-9-10-11-12-13-14-15-16-17-18-19-22-28-34-39-44-52(55)58-49(46-57-51(54)43-38-33-29-24-26-31-36-41-48(4)5)45-56-50(53)42-37-32-27-23-20-21-25-30-35-40-47(2)3/h47-49H,6-46H2,1-5H3/t49-/m1/s1. The minimum absolute atomic E-state index is 0.0649. The lowest BCUT2D eigenvalue weighted by Crippen LogP contribution is -2.30. The van der Waals surface area contributed by atoms with Crippen LogP contribution in [0.4, 0.5) is 0 Å². The highest BCUT2D eigenvalue weighted by Gasteiger charge is 2.19. The van der Waals surface area contributed by atoms with Crippen molar-refractivity contribution in [1.29, 1.82) is 0 Å². The molecule has 0 aliphatic heterocycles. The molecule has 0 fully saturated rings. The molecule has 0 spiro atoms. The molecule has 0 aromatic rings. The molecule has 344 valence electrons. The fourth-order valence-electron chi connectivity index (χ4n) is 7.81. The topological polar surface area (TPSA) is 78.9 Å². The Morgan fingerprint density at radius 2 is 0.569 bits per heavy atom. The Morgan fingerprint density at radius 1 is 0.328 bits per heavy atom. The second kappa shape index (κ2) is 44.9. The number of ether oxygens (including phenoxy) is 3.